The van der Waals surface area contributed by atoms with Crippen molar-refractivity contribution in [1.82, 2.24) is 0 Å². The van der Waals surface area contributed by atoms with Crippen molar-refractivity contribution in [3.8, 4) is 0 Å². The molecular weight excluding hydrogens is 263 g/mol. The number of halogens is 1. The quantitative estimate of drug-likeness (QED) is 0.769. The van der Waals surface area contributed by atoms with Gasteiger partial charge in [0.15, 0.2) is 0 Å². The predicted molar refractivity (Wildman–Crippen MR) is 71.9 cm³/mol. The van der Waals surface area contributed by atoms with Crippen LogP contribution in [0.25, 0.3) is 0 Å². The lowest BCUT2D eigenvalue weighted by Crippen LogP contribution is -2.35. The molecule has 0 saturated heterocycles. The first-order chi connectivity index (χ1) is 9.44. The van der Waals surface area contributed by atoms with E-state index in [9.17, 15) is 19.1 Å². The number of carboxylic acids is 1. The van der Waals surface area contributed by atoms with Gasteiger partial charge in [-0.15, -0.1) is 0 Å². The molecule has 1 amide bonds. The summed E-state index contributed by atoms with van der Waals surface area (Å²) in [6.07, 6.45) is 2.93. The highest BCUT2D eigenvalue weighted by molar-refractivity contribution is 5.93. The van der Waals surface area contributed by atoms with E-state index in [0.717, 1.165) is 18.9 Å². The van der Waals surface area contributed by atoms with E-state index in [4.69, 9.17) is 5.73 Å². The summed E-state index contributed by atoms with van der Waals surface area (Å²) in [5, 5.41) is 12.2. The van der Waals surface area contributed by atoms with E-state index in [1.165, 1.54) is 12.1 Å². The lowest BCUT2D eigenvalue weighted by Gasteiger charge is -2.24. The van der Waals surface area contributed by atoms with Crippen LogP contribution < -0.4 is 11.1 Å². The summed E-state index contributed by atoms with van der Waals surface area (Å²) in [7, 11) is 0. The minimum absolute atomic E-state index is 0.0851. The van der Waals surface area contributed by atoms with Crippen molar-refractivity contribution >= 4 is 17.6 Å². The van der Waals surface area contributed by atoms with Gasteiger partial charge in [0.25, 0.3) is 0 Å². The molecule has 1 aromatic rings. The molecule has 4 N–H and O–H groups in total. The highest BCUT2D eigenvalue weighted by atomic mass is 19.1. The summed E-state index contributed by atoms with van der Waals surface area (Å²) in [4.78, 5) is 22.3. The van der Waals surface area contributed by atoms with E-state index >= 15 is 0 Å². The Morgan fingerprint density at radius 3 is 2.50 bits per heavy atom. The zero-order valence-corrected chi connectivity index (χ0v) is 11.0. The highest BCUT2D eigenvalue weighted by Crippen LogP contribution is 2.38. The fraction of sp³-hybridized carbons (Fsp3) is 0.429. The summed E-state index contributed by atoms with van der Waals surface area (Å²) in [5.74, 6) is -2.16. The average Bonchev–Trinajstić information content (AvgIpc) is 2.87. The molecule has 0 bridgehead atoms. The summed E-state index contributed by atoms with van der Waals surface area (Å²) in [5.41, 5.74) is 4.51. The minimum Gasteiger partial charge on any atom is -0.481 e. The number of benzene rings is 1. The SMILES string of the molecule is NC(=O)c1ccc(NCC2(C(=O)O)CCCC2)c(F)c1. The third-order valence-electron chi connectivity index (χ3n) is 3.89. The smallest absolute Gasteiger partial charge is 0.311 e. The summed E-state index contributed by atoms with van der Waals surface area (Å²) in [6, 6.07) is 3.86. The third-order valence-corrected chi connectivity index (χ3v) is 3.89. The highest BCUT2D eigenvalue weighted by Gasteiger charge is 2.41. The third kappa shape index (κ3) is 2.74. The zero-order valence-electron chi connectivity index (χ0n) is 11.0. The number of carbonyl (C=O) groups is 2. The lowest BCUT2D eigenvalue weighted by atomic mass is 9.86. The molecule has 1 aliphatic carbocycles. The maximum Gasteiger partial charge on any atom is 0.311 e. The van der Waals surface area contributed by atoms with Crippen molar-refractivity contribution in [3.63, 3.8) is 0 Å². The van der Waals surface area contributed by atoms with Crippen LogP contribution in [-0.4, -0.2) is 23.5 Å². The van der Waals surface area contributed by atoms with Crippen molar-refractivity contribution in [1.29, 1.82) is 0 Å². The fourth-order valence-corrected chi connectivity index (χ4v) is 2.59. The van der Waals surface area contributed by atoms with Gasteiger partial charge in [-0.25, -0.2) is 4.39 Å². The second-order valence-corrected chi connectivity index (χ2v) is 5.21. The Morgan fingerprint density at radius 1 is 1.35 bits per heavy atom. The Bertz CT molecular complexity index is 539. The maximum atomic E-state index is 13.8. The predicted octanol–water partition coefficient (Wildman–Crippen LogP) is 1.98. The summed E-state index contributed by atoms with van der Waals surface area (Å²) < 4.78 is 13.8. The van der Waals surface area contributed by atoms with Gasteiger partial charge in [-0.1, -0.05) is 12.8 Å². The van der Waals surface area contributed by atoms with Crippen LogP contribution >= 0.6 is 0 Å². The van der Waals surface area contributed by atoms with Gasteiger partial charge in [0.1, 0.15) is 5.82 Å². The molecule has 0 aromatic heterocycles. The largest absolute Gasteiger partial charge is 0.481 e. The topological polar surface area (TPSA) is 92.4 Å². The van der Waals surface area contributed by atoms with Crippen molar-refractivity contribution in [3.05, 3.63) is 29.6 Å². The Balaban J connectivity index is 2.10. The minimum atomic E-state index is -0.850. The second kappa shape index (κ2) is 5.48. The van der Waals surface area contributed by atoms with Crippen LogP contribution in [0.15, 0.2) is 18.2 Å². The molecule has 1 aromatic carbocycles. The van der Waals surface area contributed by atoms with Gasteiger partial charge in [-0.2, -0.15) is 0 Å². The van der Waals surface area contributed by atoms with Crippen LogP contribution in [0.5, 0.6) is 0 Å². The number of hydrogen-bond donors (Lipinski definition) is 3. The molecule has 1 saturated carbocycles. The van der Waals surface area contributed by atoms with Crippen LogP contribution in [0.4, 0.5) is 10.1 Å². The molecule has 0 heterocycles. The normalized spacial score (nSPS) is 16.9. The van der Waals surface area contributed by atoms with Crippen LogP contribution in [0, 0.1) is 11.2 Å². The number of carboxylic acid groups (broad SMARTS) is 1. The molecule has 5 nitrogen and oxygen atoms in total. The van der Waals surface area contributed by atoms with Crippen molar-refractivity contribution in [2.24, 2.45) is 11.1 Å². The number of nitrogens with one attached hydrogen (secondary N) is 1. The molecular formula is C14H17FN2O3. The molecule has 108 valence electrons. The molecule has 6 heteroatoms. The van der Waals surface area contributed by atoms with Crippen LogP contribution in [0.1, 0.15) is 36.0 Å². The number of hydrogen-bond acceptors (Lipinski definition) is 3. The number of carbonyl (C=O) groups excluding carboxylic acids is 1. The molecule has 0 aliphatic heterocycles. The van der Waals surface area contributed by atoms with Gasteiger partial charge >= 0.3 is 5.97 Å². The first-order valence-electron chi connectivity index (χ1n) is 6.51. The first-order valence-corrected chi connectivity index (χ1v) is 6.51. The van der Waals surface area contributed by atoms with Gasteiger partial charge in [-0.3, -0.25) is 9.59 Å². The fourth-order valence-electron chi connectivity index (χ4n) is 2.59. The van der Waals surface area contributed by atoms with E-state index in [1.54, 1.807) is 0 Å². The Morgan fingerprint density at radius 2 is 2.00 bits per heavy atom. The van der Waals surface area contributed by atoms with E-state index < -0.39 is 23.1 Å². The van der Waals surface area contributed by atoms with E-state index in [-0.39, 0.29) is 17.8 Å². The molecule has 0 atom stereocenters. The van der Waals surface area contributed by atoms with Gasteiger partial charge < -0.3 is 16.2 Å². The van der Waals surface area contributed by atoms with E-state index in [1.807, 2.05) is 0 Å². The van der Waals surface area contributed by atoms with Gasteiger partial charge in [0.05, 0.1) is 11.1 Å². The molecule has 1 fully saturated rings. The average molecular weight is 280 g/mol. The van der Waals surface area contributed by atoms with E-state index in [2.05, 4.69) is 5.32 Å². The van der Waals surface area contributed by atoms with Crippen molar-refractivity contribution in [2.75, 3.05) is 11.9 Å². The second-order valence-electron chi connectivity index (χ2n) is 5.21. The van der Waals surface area contributed by atoms with Gasteiger partial charge in [-0.05, 0) is 31.0 Å². The molecule has 20 heavy (non-hydrogen) atoms. The van der Waals surface area contributed by atoms with Crippen LogP contribution in [0.3, 0.4) is 0 Å². The van der Waals surface area contributed by atoms with Gasteiger partial charge in [0, 0.05) is 12.1 Å². The van der Waals surface area contributed by atoms with Crippen molar-refractivity contribution in [2.45, 2.75) is 25.7 Å². The first kappa shape index (κ1) is 14.3. The standard InChI is InChI=1S/C14H17FN2O3/c15-10-7-9(12(16)18)3-4-11(10)17-8-14(13(19)20)5-1-2-6-14/h3-4,7,17H,1-2,5-6,8H2,(H2,16,18)(H,19,20). The summed E-state index contributed by atoms with van der Waals surface area (Å²) in [6.45, 7) is 0.176. The molecule has 0 unspecified atom stereocenters. The monoisotopic (exact) mass is 280 g/mol. The zero-order chi connectivity index (χ0) is 14.8. The maximum absolute atomic E-state index is 13.8. The van der Waals surface area contributed by atoms with Crippen molar-refractivity contribution < 1.29 is 19.1 Å². The number of aliphatic carboxylic acids is 1. The molecule has 1 aliphatic rings. The van der Waals surface area contributed by atoms with Crippen LogP contribution in [0.2, 0.25) is 0 Å². The number of primary amides is 1. The number of nitrogens with two attached hydrogens (primary N) is 1. The summed E-state index contributed by atoms with van der Waals surface area (Å²) >= 11 is 0. The lowest BCUT2D eigenvalue weighted by molar-refractivity contribution is -0.147. The van der Waals surface area contributed by atoms with Crippen LogP contribution in [-0.2, 0) is 4.79 Å². The molecule has 0 spiro atoms. The Kier molecular flexibility index (Phi) is 3.92. The number of amides is 1. The van der Waals surface area contributed by atoms with E-state index in [0.29, 0.717) is 12.8 Å². The number of rotatable bonds is 5. The van der Waals surface area contributed by atoms with Gasteiger partial charge in [0.2, 0.25) is 5.91 Å². The molecule has 2 rings (SSSR count). The number of anilines is 1. The Labute approximate surface area is 116 Å². The molecule has 0 radical (unpaired) electrons. The Hall–Kier alpha value is -2.11.